The Morgan fingerprint density at radius 1 is 1.47 bits per heavy atom. The molecule has 5 heteroatoms. The molecule has 0 aliphatic heterocycles. The number of hydrogen-bond acceptors (Lipinski definition) is 3. The van der Waals surface area contributed by atoms with E-state index in [4.69, 9.17) is 5.11 Å². The summed E-state index contributed by atoms with van der Waals surface area (Å²) in [6, 6.07) is 6.62. The fraction of sp³-hybridized carbons (Fsp3) is 0.0833. The van der Waals surface area contributed by atoms with E-state index in [9.17, 15) is 9.59 Å². The highest BCUT2D eigenvalue weighted by Gasteiger charge is 2.04. The number of carboxylic acids is 1. The monoisotopic (exact) mass is 230 g/mol. The molecule has 86 valence electrons. The molecule has 1 aromatic heterocycles. The van der Waals surface area contributed by atoms with Gasteiger partial charge < -0.3 is 5.11 Å². The maximum atomic E-state index is 10.8. The zero-order chi connectivity index (χ0) is 12.3. The smallest absolute Gasteiger partial charge is 0.335 e. The predicted molar refractivity (Wildman–Crippen MR) is 60.1 cm³/mol. The lowest BCUT2D eigenvalue weighted by Crippen LogP contribution is -2.02. The Hall–Kier alpha value is -2.43. The minimum Gasteiger partial charge on any atom is -0.478 e. The highest BCUT2D eigenvalue weighted by Crippen LogP contribution is 2.07. The van der Waals surface area contributed by atoms with Gasteiger partial charge in [0.25, 0.3) is 0 Å². The molecule has 0 saturated heterocycles. The molecule has 0 aliphatic rings. The lowest BCUT2D eigenvalue weighted by atomic mass is 10.1. The number of rotatable bonds is 4. The highest BCUT2D eigenvalue weighted by molar-refractivity contribution is 5.87. The van der Waals surface area contributed by atoms with Gasteiger partial charge in [0, 0.05) is 6.20 Å². The Kier molecular flexibility index (Phi) is 3.00. The van der Waals surface area contributed by atoms with Crippen LogP contribution in [0.3, 0.4) is 0 Å². The molecule has 5 nitrogen and oxygen atoms in total. The number of aromatic carboxylic acids is 1. The van der Waals surface area contributed by atoms with E-state index < -0.39 is 5.97 Å². The Labute approximate surface area is 97.3 Å². The molecule has 2 rings (SSSR count). The predicted octanol–water partition coefficient (Wildman–Crippen LogP) is 1.44. The fourth-order valence-electron chi connectivity index (χ4n) is 1.52. The van der Waals surface area contributed by atoms with Gasteiger partial charge in [-0.25, -0.2) is 4.79 Å². The number of hydrogen-bond donors (Lipinski definition) is 1. The molecule has 1 aromatic carbocycles. The van der Waals surface area contributed by atoms with Gasteiger partial charge in [-0.15, -0.1) is 0 Å². The Bertz CT molecular complexity index is 560. The molecular weight excluding hydrogens is 220 g/mol. The van der Waals surface area contributed by atoms with Crippen LogP contribution in [-0.2, 0) is 6.54 Å². The van der Waals surface area contributed by atoms with Crippen LogP contribution in [0.5, 0.6) is 0 Å². The zero-order valence-electron chi connectivity index (χ0n) is 8.91. The molecular formula is C12H10N2O3. The first kappa shape index (κ1) is 11.1. The third kappa shape index (κ3) is 2.57. The fourth-order valence-corrected chi connectivity index (χ4v) is 1.52. The van der Waals surface area contributed by atoms with Crippen LogP contribution >= 0.6 is 0 Å². The van der Waals surface area contributed by atoms with Crippen LogP contribution in [0.2, 0.25) is 0 Å². The number of carboxylic acid groups (broad SMARTS) is 1. The normalized spacial score (nSPS) is 10.1. The molecule has 1 N–H and O–H groups in total. The second-order valence-corrected chi connectivity index (χ2v) is 3.59. The molecule has 0 bridgehead atoms. The number of carbonyl (C=O) groups is 2. The van der Waals surface area contributed by atoms with Crippen molar-refractivity contribution in [3.63, 3.8) is 0 Å². The first-order chi connectivity index (χ1) is 8.19. The van der Waals surface area contributed by atoms with Crippen molar-refractivity contribution in [2.24, 2.45) is 0 Å². The summed E-state index contributed by atoms with van der Waals surface area (Å²) in [4.78, 5) is 21.3. The maximum absolute atomic E-state index is 10.8. The Morgan fingerprint density at radius 2 is 2.29 bits per heavy atom. The number of benzene rings is 1. The highest BCUT2D eigenvalue weighted by atomic mass is 16.4. The summed E-state index contributed by atoms with van der Waals surface area (Å²) in [5.41, 5.74) is 1.56. The largest absolute Gasteiger partial charge is 0.478 e. The van der Waals surface area contributed by atoms with E-state index in [1.165, 1.54) is 12.3 Å². The van der Waals surface area contributed by atoms with Crippen LogP contribution in [0.4, 0.5) is 0 Å². The average molecular weight is 230 g/mol. The van der Waals surface area contributed by atoms with Crippen molar-refractivity contribution in [2.45, 2.75) is 6.54 Å². The van der Waals surface area contributed by atoms with Crippen molar-refractivity contribution < 1.29 is 14.7 Å². The summed E-state index contributed by atoms with van der Waals surface area (Å²) in [6.07, 6.45) is 3.80. The summed E-state index contributed by atoms with van der Waals surface area (Å²) in [5.74, 6) is -0.958. The van der Waals surface area contributed by atoms with Crippen molar-refractivity contribution in [1.29, 1.82) is 0 Å². The SMILES string of the molecule is O=Cc1cnn(Cc2cccc(C(=O)O)c2)c1. The van der Waals surface area contributed by atoms with Crippen LogP contribution in [0, 0.1) is 0 Å². The molecule has 1 heterocycles. The zero-order valence-corrected chi connectivity index (χ0v) is 8.91. The van der Waals surface area contributed by atoms with E-state index in [-0.39, 0.29) is 5.56 Å². The lowest BCUT2D eigenvalue weighted by molar-refractivity contribution is 0.0696. The lowest BCUT2D eigenvalue weighted by Gasteiger charge is -2.02. The second-order valence-electron chi connectivity index (χ2n) is 3.59. The third-order valence-electron chi connectivity index (χ3n) is 2.31. The standard InChI is InChI=1S/C12H10N2O3/c15-8-10-5-13-14(7-10)6-9-2-1-3-11(4-9)12(16)17/h1-5,7-8H,6H2,(H,16,17). The van der Waals surface area contributed by atoms with E-state index >= 15 is 0 Å². The molecule has 0 spiro atoms. The Morgan fingerprint density at radius 3 is 2.94 bits per heavy atom. The number of carbonyl (C=O) groups excluding carboxylic acids is 1. The van der Waals surface area contributed by atoms with Gasteiger partial charge in [-0.2, -0.15) is 5.10 Å². The van der Waals surface area contributed by atoms with Crippen LogP contribution in [0.15, 0.2) is 36.7 Å². The first-order valence-electron chi connectivity index (χ1n) is 4.99. The van der Waals surface area contributed by atoms with Crippen molar-refractivity contribution in [1.82, 2.24) is 9.78 Å². The van der Waals surface area contributed by atoms with Crippen molar-refractivity contribution >= 4 is 12.3 Å². The van der Waals surface area contributed by atoms with Gasteiger partial charge in [0.15, 0.2) is 6.29 Å². The van der Waals surface area contributed by atoms with Gasteiger partial charge in [-0.3, -0.25) is 9.48 Å². The topological polar surface area (TPSA) is 72.2 Å². The van der Waals surface area contributed by atoms with E-state index in [1.54, 1.807) is 23.0 Å². The van der Waals surface area contributed by atoms with Gasteiger partial charge in [0.1, 0.15) is 0 Å². The maximum Gasteiger partial charge on any atom is 0.335 e. The molecule has 0 amide bonds. The second kappa shape index (κ2) is 4.61. The number of aromatic nitrogens is 2. The van der Waals surface area contributed by atoms with Crippen LogP contribution in [0.1, 0.15) is 26.3 Å². The number of nitrogens with zero attached hydrogens (tertiary/aromatic N) is 2. The summed E-state index contributed by atoms with van der Waals surface area (Å²) in [6.45, 7) is 0.439. The van der Waals surface area contributed by atoms with Crippen molar-refractivity contribution in [2.75, 3.05) is 0 Å². The van der Waals surface area contributed by atoms with Gasteiger partial charge in [-0.1, -0.05) is 12.1 Å². The molecule has 17 heavy (non-hydrogen) atoms. The molecule has 2 aromatic rings. The summed E-state index contributed by atoms with van der Waals surface area (Å²) < 4.78 is 1.59. The van der Waals surface area contributed by atoms with Gasteiger partial charge >= 0.3 is 5.97 Å². The summed E-state index contributed by atoms with van der Waals surface area (Å²) >= 11 is 0. The minimum absolute atomic E-state index is 0.241. The van der Waals surface area contributed by atoms with Crippen molar-refractivity contribution in [3.05, 3.63) is 53.3 Å². The molecule has 0 saturated carbocycles. The van der Waals surface area contributed by atoms with E-state index in [0.717, 1.165) is 11.8 Å². The number of aldehydes is 1. The van der Waals surface area contributed by atoms with E-state index in [2.05, 4.69) is 5.10 Å². The van der Waals surface area contributed by atoms with Crippen LogP contribution in [0.25, 0.3) is 0 Å². The third-order valence-corrected chi connectivity index (χ3v) is 2.31. The first-order valence-corrected chi connectivity index (χ1v) is 4.99. The van der Waals surface area contributed by atoms with Gasteiger partial charge in [0.05, 0.1) is 23.9 Å². The molecule has 0 fully saturated rings. The summed E-state index contributed by atoms with van der Waals surface area (Å²) in [5, 5.41) is 12.8. The quantitative estimate of drug-likeness (QED) is 0.807. The van der Waals surface area contributed by atoms with Crippen LogP contribution in [-0.4, -0.2) is 27.1 Å². The van der Waals surface area contributed by atoms with Gasteiger partial charge in [-0.05, 0) is 17.7 Å². The van der Waals surface area contributed by atoms with Crippen molar-refractivity contribution in [3.8, 4) is 0 Å². The molecule has 0 radical (unpaired) electrons. The molecule has 0 atom stereocenters. The molecule has 0 aliphatic carbocycles. The van der Waals surface area contributed by atoms with E-state index in [0.29, 0.717) is 12.1 Å². The van der Waals surface area contributed by atoms with E-state index in [1.807, 2.05) is 6.07 Å². The summed E-state index contributed by atoms with van der Waals surface area (Å²) in [7, 11) is 0. The minimum atomic E-state index is -0.958. The average Bonchev–Trinajstić information content (AvgIpc) is 2.77. The Balaban J connectivity index is 2.20. The molecule has 0 unspecified atom stereocenters. The van der Waals surface area contributed by atoms with Crippen LogP contribution < -0.4 is 0 Å². The van der Waals surface area contributed by atoms with Gasteiger partial charge in [0.2, 0.25) is 0 Å².